The quantitative estimate of drug-likeness (QED) is 0.264. The van der Waals surface area contributed by atoms with E-state index in [9.17, 15) is 23.1 Å². The molecule has 1 aliphatic heterocycles. The minimum atomic E-state index is -4.05. The lowest BCUT2D eigenvalue weighted by Crippen LogP contribution is -2.57. The van der Waals surface area contributed by atoms with Crippen LogP contribution in [0.3, 0.4) is 0 Å². The summed E-state index contributed by atoms with van der Waals surface area (Å²) in [5.74, 6) is -0.716. The van der Waals surface area contributed by atoms with Crippen molar-refractivity contribution in [3.8, 4) is 11.5 Å². The minimum absolute atomic E-state index is 0.0110. The predicted octanol–water partition coefficient (Wildman–Crippen LogP) is 2.92. The van der Waals surface area contributed by atoms with Crippen LogP contribution < -0.4 is 20.1 Å². The molecule has 0 saturated heterocycles. The Kier molecular flexibility index (Phi) is 11.8. The van der Waals surface area contributed by atoms with Crippen LogP contribution in [0.25, 0.3) is 0 Å². The number of benzene rings is 2. The Labute approximate surface area is 247 Å². The van der Waals surface area contributed by atoms with Gasteiger partial charge in [-0.1, -0.05) is 64.4 Å². The molecule has 1 heterocycles. The molecule has 2 aromatic rings. The highest BCUT2D eigenvalue weighted by atomic mass is 35.5. The van der Waals surface area contributed by atoms with Gasteiger partial charge in [-0.25, -0.2) is 8.42 Å². The smallest absolute Gasteiger partial charge is 0.243 e. The van der Waals surface area contributed by atoms with Crippen LogP contribution in [0.5, 0.6) is 11.5 Å². The lowest BCUT2D eigenvalue weighted by Gasteiger charge is -2.32. The number of halogens is 1. The molecule has 0 aromatic heterocycles. The Morgan fingerprint density at radius 1 is 1.02 bits per heavy atom. The molecule has 226 valence electrons. The van der Waals surface area contributed by atoms with Crippen molar-refractivity contribution >= 4 is 33.4 Å². The number of nitrogens with zero attached hydrogens (tertiary/aromatic N) is 1. The number of hydrogen-bond acceptors (Lipinski definition) is 7. The fourth-order valence-corrected chi connectivity index (χ4v) is 6.25. The van der Waals surface area contributed by atoms with Gasteiger partial charge < -0.3 is 25.2 Å². The average molecular weight is 610 g/mol. The molecule has 0 fully saturated rings. The Hall–Kier alpha value is -2.86. The molecular formula is C29H40ClN3O7S. The second-order valence-electron chi connectivity index (χ2n) is 10.7. The molecule has 12 heteroatoms. The van der Waals surface area contributed by atoms with E-state index in [-0.39, 0.29) is 48.9 Å². The number of nitrogens with one attached hydrogen (secondary N) is 2. The number of carbonyl (C=O) groups excluding carboxylic acids is 2. The second-order valence-corrected chi connectivity index (χ2v) is 12.9. The average Bonchev–Trinajstić information content (AvgIpc) is 3.43. The van der Waals surface area contributed by atoms with E-state index >= 15 is 0 Å². The van der Waals surface area contributed by atoms with Crippen LogP contribution in [0.1, 0.15) is 39.7 Å². The van der Waals surface area contributed by atoms with Gasteiger partial charge in [0.25, 0.3) is 0 Å². The summed E-state index contributed by atoms with van der Waals surface area (Å²) in [6.45, 7) is 7.39. The molecule has 0 aliphatic carbocycles. The van der Waals surface area contributed by atoms with Gasteiger partial charge in [0.15, 0.2) is 11.5 Å². The SMILES string of the molecule is CCC(C)[C@H](NC(=O)CCl)C(=O)N[C@@H](Cc1ccccc1)[C@H](O)CN(CC(C)C)S(=O)(=O)c1ccc2c(c1)OCO2. The molecule has 4 atom stereocenters. The molecule has 0 spiro atoms. The van der Waals surface area contributed by atoms with E-state index in [1.807, 2.05) is 58.0 Å². The molecule has 0 radical (unpaired) electrons. The lowest BCUT2D eigenvalue weighted by atomic mass is 9.96. The maximum absolute atomic E-state index is 13.8. The normalized spacial score (nSPS) is 15.8. The van der Waals surface area contributed by atoms with Crippen LogP contribution in [-0.4, -0.2) is 73.6 Å². The van der Waals surface area contributed by atoms with Crippen molar-refractivity contribution in [2.45, 2.75) is 63.6 Å². The van der Waals surface area contributed by atoms with E-state index in [4.69, 9.17) is 21.1 Å². The highest BCUT2D eigenvalue weighted by Crippen LogP contribution is 2.35. The van der Waals surface area contributed by atoms with E-state index in [1.165, 1.54) is 16.4 Å². The number of carbonyl (C=O) groups is 2. The highest BCUT2D eigenvalue weighted by molar-refractivity contribution is 7.89. The van der Waals surface area contributed by atoms with Crippen molar-refractivity contribution < 1.29 is 32.6 Å². The van der Waals surface area contributed by atoms with Gasteiger partial charge in [-0.2, -0.15) is 4.31 Å². The molecule has 3 N–H and O–H groups in total. The van der Waals surface area contributed by atoms with Crippen LogP contribution in [0.4, 0.5) is 0 Å². The Bertz CT molecular complexity index is 1280. The molecule has 3 rings (SSSR count). The van der Waals surface area contributed by atoms with Crippen molar-refractivity contribution in [2.24, 2.45) is 11.8 Å². The fourth-order valence-electron chi connectivity index (χ4n) is 4.54. The molecule has 2 aromatic carbocycles. The summed E-state index contributed by atoms with van der Waals surface area (Å²) < 4.78 is 39.4. The zero-order valence-electron chi connectivity index (χ0n) is 23.9. The van der Waals surface area contributed by atoms with E-state index < -0.39 is 40.0 Å². The fraction of sp³-hybridized carbons (Fsp3) is 0.517. The van der Waals surface area contributed by atoms with Crippen LogP contribution in [-0.2, 0) is 26.0 Å². The number of alkyl halides is 1. The van der Waals surface area contributed by atoms with E-state index in [0.29, 0.717) is 17.9 Å². The number of amides is 2. The van der Waals surface area contributed by atoms with Gasteiger partial charge in [0, 0.05) is 19.2 Å². The third-order valence-corrected chi connectivity index (χ3v) is 9.04. The molecular weight excluding hydrogens is 570 g/mol. The number of sulfonamides is 1. The summed E-state index contributed by atoms with van der Waals surface area (Å²) in [7, 11) is -4.05. The van der Waals surface area contributed by atoms with Crippen molar-refractivity contribution in [1.82, 2.24) is 14.9 Å². The number of aliphatic hydroxyl groups excluding tert-OH is 1. The molecule has 2 amide bonds. The first kappa shape index (κ1) is 32.7. The van der Waals surface area contributed by atoms with Crippen LogP contribution in [0.15, 0.2) is 53.4 Å². The summed E-state index contributed by atoms with van der Waals surface area (Å²) in [6, 6.07) is 11.9. The second kappa shape index (κ2) is 14.9. The zero-order chi connectivity index (χ0) is 30.2. The summed E-state index contributed by atoms with van der Waals surface area (Å²) in [4.78, 5) is 25.5. The van der Waals surface area contributed by atoms with Crippen molar-refractivity contribution in [2.75, 3.05) is 25.8 Å². The van der Waals surface area contributed by atoms with E-state index in [1.54, 1.807) is 6.07 Å². The molecule has 1 aliphatic rings. The van der Waals surface area contributed by atoms with Crippen molar-refractivity contribution in [3.05, 3.63) is 54.1 Å². The maximum atomic E-state index is 13.8. The monoisotopic (exact) mass is 609 g/mol. The number of rotatable bonds is 15. The number of fused-ring (bicyclic) bond motifs is 1. The van der Waals surface area contributed by atoms with Gasteiger partial charge in [0.2, 0.25) is 28.6 Å². The van der Waals surface area contributed by atoms with E-state index in [2.05, 4.69) is 10.6 Å². The molecule has 1 unspecified atom stereocenters. The number of hydrogen-bond donors (Lipinski definition) is 3. The van der Waals surface area contributed by atoms with Crippen LogP contribution in [0.2, 0.25) is 0 Å². The molecule has 0 bridgehead atoms. The van der Waals surface area contributed by atoms with Gasteiger partial charge in [0.1, 0.15) is 11.9 Å². The largest absolute Gasteiger partial charge is 0.454 e. The van der Waals surface area contributed by atoms with Gasteiger partial charge in [0.05, 0.1) is 17.0 Å². The highest BCUT2D eigenvalue weighted by Gasteiger charge is 2.34. The zero-order valence-corrected chi connectivity index (χ0v) is 25.5. The minimum Gasteiger partial charge on any atom is -0.454 e. The number of ether oxygens (including phenoxy) is 2. The first-order valence-electron chi connectivity index (χ1n) is 13.7. The van der Waals surface area contributed by atoms with Gasteiger partial charge >= 0.3 is 0 Å². The van der Waals surface area contributed by atoms with Crippen molar-refractivity contribution in [3.63, 3.8) is 0 Å². The van der Waals surface area contributed by atoms with Crippen molar-refractivity contribution in [1.29, 1.82) is 0 Å². The molecule has 41 heavy (non-hydrogen) atoms. The lowest BCUT2D eigenvalue weighted by molar-refractivity contribution is -0.130. The topological polar surface area (TPSA) is 134 Å². The van der Waals surface area contributed by atoms with Gasteiger partial charge in [-0.15, -0.1) is 11.6 Å². The number of aliphatic hydroxyl groups is 1. The summed E-state index contributed by atoms with van der Waals surface area (Å²) in [5, 5.41) is 17.1. The summed E-state index contributed by atoms with van der Waals surface area (Å²) >= 11 is 5.67. The first-order chi connectivity index (χ1) is 19.5. The maximum Gasteiger partial charge on any atom is 0.243 e. The summed E-state index contributed by atoms with van der Waals surface area (Å²) in [5.41, 5.74) is 0.843. The Balaban J connectivity index is 1.90. The van der Waals surface area contributed by atoms with E-state index in [0.717, 1.165) is 5.56 Å². The van der Waals surface area contributed by atoms with Gasteiger partial charge in [-0.05, 0) is 36.0 Å². The third kappa shape index (κ3) is 8.81. The van der Waals surface area contributed by atoms with Gasteiger partial charge in [-0.3, -0.25) is 9.59 Å². The van der Waals surface area contributed by atoms with Crippen LogP contribution >= 0.6 is 11.6 Å². The molecule has 0 saturated carbocycles. The Morgan fingerprint density at radius 2 is 1.71 bits per heavy atom. The standard InChI is InChI=1S/C29H40ClN3O7S/c1-5-20(4)28(32-27(35)15-30)29(36)31-23(13-21-9-7-6-8-10-21)24(34)17-33(16-19(2)3)41(37,38)22-11-12-25-26(14-22)40-18-39-25/h6-12,14,19-20,23-24,28,34H,5,13,15-18H2,1-4H3,(H,31,36)(H,32,35)/t20?,23-,24+,28-/m0/s1. The Morgan fingerprint density at radius 3 is 2.34 bits per heavy atom. The predicted molar refractivity (Wildman–Crippen MR) is 156 cm³/mol. The summed E-state index contributed by atoms with van der Waals surface area (Å²) in [6.07, 6.45) is -0.421. The molecule has 10 nitrogen and oxygen atoms in total. The third-order valence-electron chi connectivity index (χ3n) is 6.97. The van der Waals surface area contributed by atoms with Crippen LogP contribution in [0, 0.1) is 11.8 Å². The first-order valence-corrected chi connectivity index (χ1v) is 15.7.